The highest BCUT2D eigenvalue weighted by molar-refractivity contribution is 5.74. The lowest BCUT2D eigenvalue weighted by Crippen LogP contribution is -2.17. The number of benzene rings is 2. The van der Waals surface area contributed by atoms with Crippen molar-refractivity contribution in [3.63, 3.8) is 0 Å². The van der Waals surface area contributed by atoms with Crippen LogP contribution in [-0.2, 0) is 4.79 Å². The van der Waals surface area contributed by atoms with Crippen molar-refractivity contribution in [1.29, 1.82) is 5.26 Å². The summed E-state index contributed by atoms with van der Waals surface area (Å²) in [7, 11) is 0. The number of esters is 1. The number of hydrogen-bond donors (Lipinski definition) is 0. The van der Waals surface area contributed by atoms with Crippen molar-refractivity contribution in [3.8, 4) is 17.6 Å². The highest BCUT2D eigenvalue weighted by atomic mass is 16.6. The smallest absolute Gasteiger partial charge is 0.349 e. The molecule has 0 aliphatic carbocycles. The van der Waals surface area contributed by atoms with Crippen molar-refractivity contribution in [2.24, 2.45) is 0 Å². The fraction of sp³-hybridized carbons (Fsp3) is 0.176. The third-order valence-electron chi connectivity index (χ3n) is 2.77. The first kappa shape index (κ1) is 14.6. The lowest BCUT2D eigenvalue weighted by Gasteiger charge is -2.08. The van der Waals surface area contributed by atoms with Gasteiger partial charge in [-0.2, -0.15) is 5.26 Å². The van der Waals surface area contributed by atoms with Gasteiger partial charge in [-0.3, -0.25) is 0 Å². The monoisotopic (exact) mass is 281 g/mol. The summed E-state index contributed by atoms with van der Waals surface area (Å²) in [6.07, 6.45) is 0. The average molecular weight is 281 g/mol. The van der Waals surface area contributed by atoms with Gasteiger partial charge in [0.1, 0.15) is 11.5 Å². The summed E-state index contributed by atoms with van der Waals surface area (Å²) >= 11 is 0. The van der Waals surface area contributed by atoms with E-state index in [9.17, 15) is 4.79 Å². The zero-order valence-electron chi connectivity index (χ0n) is 11.9. The molecule has 21 heavy (non-hydrogen) atoms. The van der Waals surface area contributed by atoms with Crippen LogP contribution in [0.3, 0.4) is 0 Å². The second-order valence-electron chi connectivity index (χ2n) is 4.72. The molecule has 0 aromatic heterocycles. The fourth-order valence-corrected chi connectivity index (χ4v) is 1.92. The number of nitriles is 1. The molecule has 0 radical (unpaired) electrons. The van der Waals surface area contributed by atoms with Crippen LogP contribution in [0.2, 0.25) is 0 Å². The Morgan fingerprint density at radius 1 is 1.05 bits per heavy atom. The van der Waals surface area contributed by atoms with Gasteiger partial charge in [0.15, 0.2) is 6.61 Å². The van der Waals surface area contributed by atoms with Gasteiger partial charge < -0.3 is 9.47 Å². The highest BCUT2D eigenvalue weighted by Gasteiger charge is 2.07. The van der Waals surface area contributed by atoms with E-state index in [2.05, 4.69) is 0 Å². The largest absolute Gasteiger partial charge is 0.482 e. The molecule has 0 aliphatic rings. The van der Waals surface area contributed by atoms with E-state index < -0.39 is 5.97 Å². The summed E-state index contributed by atoms with van der Waals surface area (Å²) in [6.45, 7) is 3.70. The number of aryl methyl sites for hydroxylation is 2. The van der Waals surface area contributed by atoms with Crippen LogP contribution in [0, 0.1) is 25.2 Å². The summed E-state index contributed by atoms with van der Waals surface area (Å²) in [5.74, 6) is 0.566. The van der Waals surface area contributed by atoms with Crippen molar-refractivity contribution in [1.82, 2.24) is 0 Å². The molecule has 2 aromatic rings. The molecule has 106 valence electrons. The van der Waals surface area contributed by atoms with Crippen LogP contribution in [0.1, 0.15) is 16.7 Å². The molecule has 4 heteroatoms. The summed E-state index contributed by atoms with van der Waals surface area (Å²) in [6, 6.07) is 14.2. The maximum atomic E-state index is 11.7. The molecule has 0 heterocycles. The summed E-state index contributed by atoms with van der Waals surface area (Å²) < 4.78 is 10.5. The summed E-state index contributed by atoms with van der Waals surface area (Å²) in [5, 5.41) is 8.69. The van der Waals surface area contributed by atoms with E-state index in [4.69, 9.17) is 14.7 Å². The molecule has 0 bridgehead atoms. The molecule has 0 amide bonds. The predicted octanol–water partition coefficient (Wildman–Crippen LogP) is 3.16. The Balaban J connectivity index is 1.91. The molecule has 0 spiro atoms. The molecule has 0 aliphatic heterocycles. The summed E-state index contributed by atoms with van der Waals surface area (Å²) in [5.41, 5.74) is 2.61. The standard InChI is InChI=1S/C17H15NO3/c1-12-7-13(2)9-16(8-12)21-17(19)11-20-15-5-3-14(10-18)4-6-15/h3-9H,11H2,1-2H3. The molecule has 0 unspecified atom stereocenters. The quantitative estimate of drug-likeness (QED) is 0.638. The molecule has 0 N–H and O–H groups in total. The number of hydrogen-bond acceptors (Lipinski definition) is 4. The average Bonchev–Trinajstić information content (AvgIpc) is 2.44. The topological polar surface area (TPSA) is 59.3 Å². The van der Waals surface area contributed by atoms with E-state index in [1.165, 1.54) is 0 Å². The lowest BCUT2D eigenvalue weighted by atomic mass is 10.1. The lowest BCUT2D eigenvalue weighted by molar-refractivity contribution is -0.136. The van der Waals surface area contributed by atoms with Crippen molar-refractivity contribution >= 4 is 5.97 Å². The Hall–Kier alpha value is -2.80. The van der Waals surface area contributed by atoms with Crippen LogP contribution < -0.4 is 9.47 Å². The Labute approximate surface area is 123 Å². The van der Waals surface area contributed by atoms with E-state index in [0.29, 0.717) is 17.1 Å². The minimum absolute atomic E-state index is 0.182. The minimum Gasteiger partial charge on any atom is -0.482 e. The van der Waals surface area contributed by atoms with Gasteiger partial charge in [0.2, 0.25) is 0 Å². The van der Waals surface area contributed by atoms with E-state index in [0.717, 1.165) is 11.1 Å². The number of nitrogens with zero attached hydrogens (tertiary/aromatic N) is 1. The van der Waals surface area contributed by atoms with Crippen LogP contribution >= 0.6 is 0 Å². The van der Waals surface area contributed by atoms with Crippen molar-refractivity contribution in [2.75, 3.05) is 6.61 Å². The molecule has 0 atom stereocenters. The SMILES string of the molecule is Cc1cc(C)cc(OC(=O)COc2ccc(C#N)cc2)c1. The Kier molecular flexibility index (Phi) is 4.57. The Morgan fingerprint density at radius 3 is 2.24 bits per heavy atom. The summed E-state index contributed by atoms with van der Waals surface area (Å²) in [4.78, 5) is 11.7. The van der Waals surface area contributed by atoms with Gasteiger partial charge in [-0.1, -0.05) is 6.07 Å². The molecular weight excluding hydrogens is 266 g/mol. The zero-order valence-corrected chi connectivity index (χ0v) is 11.9. The number of carbonyl (C=O) groups excluding carboxylic acids is 1. The predicted molar refractivity (Wildman–Crippen MR) is 78.2 cm³/mol. The number of ether oxygens (including phenoxy) is 2. The van der Waals surface area contributed by atoms with E-state index in [-0.39, 0.29) is 6.61 Å². The first-order chi connectivity index (χ1) is 10.1. The van der Waals surface area contributed by atoms with Crippen LogP contribution in [-0.4, -0.2) is 12.6 Å². The van der Waals surface area contributed by atoms with Gasteiger partial charge >= 0.3 is 5.97 Å². The zero-order chi connectivity index (χ0) is 15.2. The van der Waals surface area contributed by atoms with Crippen molar-refractivity contribution < 1.29 is 14.3 Å². The van der Waals surface area contributed by atoms with Crippen molar-refractivity contribution in [3.05, 3.63) is 59.2 Å². The first-order valence-electron chi connectivity index (χ1n) is 6.49. The molecule has 0 fully saturated rings. The molecule has 2 aromatic carbocycles. The Bertz CT molecular complexity index is 664. The maximum absolute atomic E-state index is 11.7. The van der Waals surface area contributed by atoms with Crippen LogP contribution in [0.25, 0.3) is 0 Å². The second-order valence-corrected chi connectivity index (χ2v) is 4.72. The van der Waals surface area contributed by atoms with Crippen LogP contribution in [0.15, 0.2) is 42.5 Å². The van der Waals surface area contributed by atoms with E-state index in [1.807, 2.05) is 26.0 Å². The Morgan fingerprint density at radius 2 is 1.67 bits per heavy atom. The molecule has 2 rings (SSSR count). The fourth-order valence-electron chi connectivity index (χ4n) is 1.92. The van der Waals surface area contributed by atoms with Gasteiger partial charge in [-0.25, -0.2) is 4.79 Å². The maximum Gasteiger partial charge on any atom is 0.349 e. The highest BCUT2D eigenvalue weighted by Crippen LogP contribution is 2.17. The molecule has 4 nitrogen and oxygen atoms in total. The van der Waals surface area contributed by atoms with Gasteiger partial charge in [0, 0.05) is 0 Å². The molecular formula is C17H15NO3. The van der Waals surface area contributed by atoms with Gasteiger partial charge in [0.25, 0.3) is 0 Å². The second kappa shape index (κ2) is 6.58. The third-order valence-corrected chi connectivity index (χ3v) is 2.77. The number of rotatable bonds is 4. The molecule has 0 saturated heterocycles. The molecule has 0 saturated carbocycles. The van der Waals surface area contributed by atoms with E-state index in [1.54, 1.807) is 36.4 Å². The van der Waals surface area contributed by atoms with E-state index >= 15 is 0 Å². The van der Waals surface area contributed by atoms with Crippen molar-refractivity contribution in [2.45, 2.75) is 13.8 Å². The number of carbonyl (C=O) groups is 1. The van der Waals surface area contributed by atoms with Crippen LogP contribution in [0.5, 0.6) is 11.5 Å². The van der Waals surface area contributed by atoms with Gasteiger partial charge in [-0.05, 0) is 61.4 Å². The normalized spacial score (nSPS) is 9.76. The van der Waals surface area contributed by atoms with Gasteiger partial charge in [0.05, 0.1) is 11.6 Å². The van der Waals surface area contributed by atoms with Gasteiger partial charge in [-0.15, -0.1) is 0 Å². The van der Waals surface area contributed by atoms with Crippen LogP contribution in [0.4, 0.5) is 0 Å². The third kappa shape index (κ3) is 4.36. The minimum atomic E-state index is -0.468. The first-order valence-corrected chi connectivity index (χ1v) is 6.49.